The smallest absolute Gasteiger partial charge is 0.0538 e. The molecule has 4 heteroatoms. The fraction of sp³-hybridized carbons (Fsp3) is 0.812. The van der Waals surface area contributed by atoms with Gasteiger partial charge in [0.15, 0.2) is 0 Å². The van der Waals surface area contributed by atoms with Crippen LogP contribution in [0, 0.1) is 11.8 Å². The Kier molecular flexibility index (Phi) is 3.31. The Hall–Kier alpha value is -0.870. The van der Waals surface area contributed by atoms with Gasteiger partial charge in [0.1, 0.15) is 0 Å². The van der Waals surface area contributed by atoms with Gasteiger partial charge in [-0.15, -0.1) is 0 Å². The van der Waals surface area contributed by atoms with Gasteiger partial charge in [-0.1, -0.05) is 0 Å². The van der Waals surface area contributed by atoms with E-state index in [2.05, 4.69) is 27.3 Å². The molecule has 1 aromatic heterocycles. The SMILES string of the molecule is Cn1cc([C@@H]2CN(CC3CC3)CCN2CC2CC2)cn1. The summed E-state index contributed by atoms with van der Waals surface area (Å²) in [5, 5.41) is 4.39. The second-order valence-electron chi connectivity index (χ2n) is 7.10. The van der Waals surface area contributed by atoms with Gasteiger partial charge >= 0.3 is 0 Å². The Bertz CT molecular complexity index is 461. The summed E-state index contributed by atoms with van der Waals surface area (Å²) in [4.78, 5) is 5.41. The molecule has 20 heavy (non-hydrogen) atoms. The molecular formula is C16H26N4. The molecule has 4 nitrogen and oxygen atoms in total. The molecule has 0 aromatic carbocycles. The topological polar surface area (TPSA) is 24.3 Å². The van der Waals surface area contributed by atoms with Crippen LogP contribution < -0.4 is 0 Å². The summed E-state index contributed by atoms with van der Waals surface area (Å²) in [5.74, 6) is 1.98. The van der Waals surface area contributed by atoms with Gasteiger partial charge in [-0.25, -0.2) is 0 Å². The van der Waals surface area contributed by atoms with Crippen molar-refractivity contribution in [2.45, 2.75) is 31.7 Å². The van der Waals surface area contributed by atoms with Crippen LogP contribution in [0.5, 0.6) is 0 Å². The van der Waals surface area contributed by atoms with Crippen LogP contribution >= 0.6 is 0 Å². The highest BCUT2D eigenvalue weighted by molar-refractivity contribution is 5.13. The normalized spacial score (nSPS) is 28.9. The van der Waals surface area contributed by atoms with E-state index in [0.29, 0.717) is 6.04 Å². The van der Waals surface area contributed by atoms with Crippen LogP contribution in [-0.2, 0) is 7.05 Å². The lowest BCUT2D eigenvalue weighted by Crippen LogP contribution is -2.49. The third kappa shape index (κ3) is 2.91. The van der Waals surface area contributed by atoms with Crippen LogP contribution in [0.15, 0.2) is 12.4 Å². The van der Waals surface area contributed by atoms with Gasteiger partial charge in [-0.3, -0.25) is 14.5 Å². The second kappa shape index (κ2) is 5.15. The van der Waals surface area contributed by atoms with Crippen LogP contribution in [0.2, 0.25) is 0 Å². The lowest BCUT2D eigenvalue weighted by Gasteiger charge is -2.41. The molecule has 0 unspecified atom stereocenters. The highest BCUT2D eigenvalue weighted by atomic mass is 15.3. The van der Waals surface area contributed by atoms with E-state index in [9.17, 15) is 0 Å². The number of hydrogen-bond acceptors (Lipinski definition) is 3. The van der Waals surface area contributed by atoms with Crippen LogP contribution in [-0.4, -0.2) is 52.3 Å². The predicted molar refractivity (Wildman–Crippen MR) is 79.4 cm³/mol. The van der Waals surface area contributed by atoms with E-state index < -0.39 is 0 Å². The van der Waals surface area contributed by atoms with Crippen LogP contribution in [0.3, 0.4) is 0 Å². The van der Waals surface area contributed by atoms with E-state index in [0.717, 1.165) is 11.8 Å². The summed E-state index contributed by atoms with van der Waals surface area (Å²) < 4.78 is 1.95. The summed E-state index contributed by atoms with van der Waals surface area (Å²) in [6, 6.07) is 0.566. The minimum atomic E-state index is 0.566. The molecule has 1 saturated heterocycles. The zero-order valence-electron chi connectivity index (χ0n) is 12.5. The average molecular weight is 274 g/mol. The first-order valence-corrected chi connectivity index (χ1v) is 8.23. The molecular weight excluding hydrogens is 248 g/mol. The lowest BCUT2D eigenvalue weighted by atomic mass is 10.0. The molecule has 110 valence electrons. The third-order valence-electron chi connectivity index (χ3n) is 5.09. The fourth-order valence-corrected chi connectivity index (χ4v) is 3.49. The van der Waals surface area contributed by atoms with Crippen molar-refractivity contribution in [2.24, 2.45) is 18.9 Å². The Morgan fingerprint density at radius 2 is 1.85 bits per heavy atom. The predicted octanol–water partition coefficient (Wildman–Crippen LogP) is 1.90. The van der Waals surface area contributed by atoms with Crippen molar-refractivity contribution in [1.29, 1.82) is 0 Å². The maximum Gasteiger partial charge on any atom is 0.0538 e. The van der Waals surface area contributed by atoms with Gasteiger partial charge in [0.05, 0.1) is 12.2 Å². The van der Waals surface area contributed by atoms with E-state index in [4.69, 9.17) is 0 Å². The number of piperazine rings is 1. The molecule has 0 N–H and O–H groups in total. The van der Waals surface area contributed by atoms with E-state index in [-0.39, 0.29) is 0 Å². The summed E-state index contributed by atoms with van der Waals surface area (Å²) in [7, 11) is 2.03. The largest absolute Gasteiger partial charge is 0.300 e. The van der Waals surface area contributed by atoms with Crippen molar-refractivity contribution < 1.29 is 0 Å². The van der Waals surface area contributed by atoms with E-state index in [1.165, 1.54) is 64.0 Å². The van der Waals surface area contributed by atoms with Crippen LogP contribution in [0.25, 0.3) is 0 Å². The van der Waals surface area contributed by atoms with E-state index >= 15 is 0 Å². The van der Waals surface area contributed by atoms with Crippen molar-refractivity contribution in [3.63, 3.8) is 0 Å². The molecule has 0 radical (unpaired) electrons. The molecule has 3 aliphatic rings. The summed E-state index contributed by atoms with van der Waals surface area (Å²) >= 11 is 0. The summed E-state index contributed by atoms with van der Waals surface area (Å²) in [5.41, 5.74) is 1.41. The standard InChI is InChI=1S/C16H26N4/c1-18-11-15(8-17-18)16-12-19(9-13-2-3-13)6-7-20(16)10-14-4-5-14/h8,11,13-14,16H,2-7,9-10,12H2,1H3/t16-/m0/s1. The zero-order valence-corrected chi connectivity index (χ0v) is 12.5. The van der Waals surface area contributed by atoms with Crippen LogP contribution in [0.4, 0.5) is 0 Å². The molecule has 2 aliphatic carbocycles. The quantitative estimate of drug-likeness (QED) is 0.819. The number of rotatable bonds is 5. The average Bonchev–Trinajstić information content (AvgIpc) is 3.35. The molecule has 3 fully saturated rings. The first-order valence-electron chi connectivity index (χ1n) is 8.23. The Balaban J connectivity index is 1.47. The minimum absolute atomic E-state index is 0.566. The number of nitrogens with zero attached hydrogens (tertiary/aromatic N) is 4. The van der Waals surface area contributed by atoms with Gasteiger partial charge in [0.25, 0.3) is 0 Å². The van der Waals surface area contributed by atoms with Gasteiger partial charge in [0.2, 0.25) is 0 Å². The molecule has 2 heterocycles. The van der Waals surface area contributed by atoms with E-state index in [1.807, 2.05) is 11.7 Å². The molecule has 0 spiro atoms. The Morgan fingerprint density at radius 1 is 1.10 bits per heavy atom. The highest BCUT2D eigenvalue weighted by Gasteiger charge is 2.35. The van der Waals surface area contributed by atoms with Gasteiger partial charge in [0, 0.05) is 51.5 Å². The highest BCUT2D eigenvalue weighted by Crippen LogP contribution is 2.36. The molecule has 4 rings (SSSR count). The molecule has 2 saturated carbocycles. The van der Waals surface area contributed by atoms with Crippen molar-refractivity contribution in [3.05, 3.63) is 18.0 Å². The second-order valence-corrected chi connectivity index (χ2v) is 7.10. The Labute approximate surface area is 121 Å². The van der Waals surface area contributed by atoms with Gasteiger partial charge in [-0.2, -0.15) is 5.10 Å². The van der Waals surface area contributed by atoms with Crippen LogP contribution in [0.1, 0.15) is 37.3 Å². The Morgan fingerprint density at radius 3 is 2.50 bits per heavy atom. The van der Waals surface area contributed by atoms with Gasteiger partial charge < -0.3 is 0 Å². The minimum Gasteiger partial charge on any atom is -0.300 e. The molecule has 0 amide bonds. The maximum absolute atomic E-state index is 4.39. The zero-order chi connectivity index (χ0) is 13.5. The van der Waals surface area contributed by atoms with E-state index in [1.54, 1.807) is 0 Å². The monoisotopic (exact) mass is 274 g/mol. The summed E-state index contributed by atoms with van der Waals surface area (Å²) in [6.07, 6.45) is 10.1. The lowest BCUT2D eigenvalue weighted by molar-refractivity contribution is 0.0675. The van der Waals surface area contributed by atoms with Crippen molar-refractivity contribution in [1.82, 2.24) is 19.6 Å². The molecule has 0 bridgehead atoms. The first kappa shape index (κ1) is 12.8. The molecule has 1 aliphatic heterocycles. The summed E-state index contributed by atoms with van der Waals surface area (Å²) in [6.45, 7) is 6.34. The van der Waals surface area contributed by atoms with Crippen molar-refractivity contribution in [2.75, 3.05) is 32.7 Å². The number of aromatic nitrogens is 2. The molecule has 1 aromatic rings. The van der Waals surface area contributed by atoms with Gasteiger partial charge in [-0.05, 0) is 37.5 Å². The van der Waals surface area contributed by atoms with Crippen molar-refractivity contribution in [3.8, 4) is 0 Å². The fourth-order valence-electron chi connectivity index (χ4n) is 3.49. The number of aryl methyl sites for hydroxylation is 1. The number of hydrogen-bond donors (Lipinski definition) is 0. The first-order chi connectivity index (χ1) is 9.78. The maximum atomic E-state index is 4.39. The van der Waals surface area contributed by atoms with Crippen molar-refractivity contribution >= 4 is 0 Å². The molecule has 1 atom stereocenters. The third-order valence-corrected chi connectivity index (χ3v) is 5.09.